The molecule has 0 radical (unpaired) electrons. The fraction of sp³-hybridized carbons (Fsp3) is 0.250. The van der Waals surface area contributed by atoms with Crippen LogP contribution in [0.1, 0.15) is 11.1 Å². The number of rotatable bonds is 2. The Balaban J connectivity index is 2.70. The van der Waals surface area contributed by atoms with Gasteiger partial charge < -0.3 is 9.67 Å². The largest absolute Gasteiger partial charge is 0.480 e. The molecule has 0 atom stereocenters. The molecule has 0 amide bonds. The van der Waals surface area contributed by atoms with Crippen molar-refractivity contribution in [3.8, 4) is 0 Å². The third-order valence-electron chi connectivity index (χ3n) is 2.60. The number of aliphatic carboxylic acids is 1. The van der Waals surface area contributed by atoms with Crippen molar-refractivity contribution in [1.82, 2.24) is 4.57 Å². The van der Waals surface area contributed by atoms with Crippen molar-refractivity contribution < 1.29 is 9.90 Å². The van der Waals surface area contributed by atoms with Crippen LogP contribution in [0.3, 0.4) is 0 Å². The van der Waals surface area contributed by atoms with Crippen LogP contribution in [0.4, 0.5) is 0 Å². The number of para-hydroxylation sites is 1. The zero-order valence-corrected chi connectivity index (χ0v) is 8.82. The number of nitrogens with zero attached hydrogens (tertiary/aromatic N) is 1. The van der Waals surface area contributed by atoms with Gasteiger partial charge in [-0.2, -0.15) is 0 Å². The lowest BCUT2D eigenvalue weighted by Crippen LogP contribution is -2.07. The predicted octanol–water partition coefficient (Wildman–Crippen LogP) is 2.34. The number of aromatic nitrogens is 1. The maximum atomic E-state index is 10.7. The van der Waals surface area contributed by atoms with Crippen molar-refractivity contribution in [2.24, 2.45) is 0 Å². The summed E-state index contributed by atoms with van der Waals surface area (Å²) in [7, 11) is 0. The Morgan fingerprint density at radius 2 is 2.07 bits per heavy atom. The first kappa shape index (κ1) is 9.77. The topological polar surface area (TPSA) is 42.2 Å². The number of hydrogen-bond acceptors (Lipinski definition) is 1. The number of hydrogen-bond donors (Lipinski definition) is 1. The van der Waals surface area contributed by atoms with Crippen molar-refractivity contribution in [1.29, 1.82) is 0 Å². The van der Waals surface area contributed by atoms with Crippen LogP contribution in [0.5, 0.6) is 0 Å². The van der Waals surface area contributed by atoms with Crippen LogP contribution in [-0.2, 0) is 11.3 Å². The third-order valence-corrected chi connectivity index (χ3v) is 2.60. The lowest BCUT2D eigenvalue weighted by molar-refractivity contribution is -0.137. The standard InChI is InChI=1S/C12H13NO2/c1-8-4-3-5-10-9(2)6-13(12(8)10)7-11(14)15/h3-6H,7H2,1-2H3,(H,14,15). The molecule has 3 nitrogen and oxygen atoms in total. The Hall–Kier alpha value is -1.77. The minimum atomic E-state index is -0.810. The Kier molecular flexibility index (Phi) is 2.23. The summed E-state index contributed by atoms with van der Waals surface area (Å²) >= 11 is 0. The van der Waals surface area contributed by atoms with Crippen LogP contribution in [0.2, 0.25) is 0 Å². The lowest BCUT2D eigenvalue weighted by Gasteiger charge is -2.03. The second-order valence-electron chi connectivity index (χ2n) is 3.80. The minimum absolute atomic E-state index is 0.0230. The molecule has 15 heavy (non-hydrogen) atoms. The molecule has 0 saturated heterocycles. The number of carboxylic acids is 1. The van der Waals surface area contributed by atoms with Crippen molar-refractivity contribution in [3.05, 3.63) is 35.5 Å². The van der Waals surface area contributed by atoms with Gasteiger partial charge in [-0.1, -0.05) is 18.2 Å². The molecule has 1 heterocycles. The average molecular weight is 203 g/mol. The molecule has 1 aromatic carbocycles. The van der Waals surface area contributed by atoms with E-state index < -0.39 is 5.97 Å². The van der Waals surface area contributed by atoms with Crippen molar-refractivity contribution in [2.75, 3.05) is 0 Å². The van der Waals surface area contributed by atoms with E-state index in [2.05, 4.69) is 0 Å². The molecule has 1 N–H and O–H groups in total. The van der Waals surface area contributed by atoms with Gasteiger partial charge >= 0.3 is 5.97 Å². The summed E-state index contributed by atoms with van der Waals surface area (Å²) in [6.45, 7) is 4.02. The zero-order valence-electron chi connectivity index (χ0n) is 8.82. The highest BCUT2D eigenvalue weighted by Gasteiger charge is 2.09. The van der Waals surface area contributed by atoms with E-state index in [4.69, 9.17) is 5.11 Å². The van der Waals surface area contributed by atoms with Crippen LogP contribution in [0.25, 0.3) is 10.9 Å². The molecule has 0 aliphatic heterocycles. The van der Waals surface area contributed by atoms with E-state index in [1.54, 1.807) is 4.57 Å². The van der Waals surface area contributed by atoms with Crippen LogP contribution in [-0.4, -0.2) is 15.6 Å². The fourth-order valence-electron chi connectivity index (χ4n) is 2.00. The number of carboxylic acid groups (broad SMARTS) is 1. The summed E-state index contributed by atoms with van der Waals surface area (Å²) in [5.74, 6) is -0.810. The molecule has 0 fully saturated rings. The maximum Gasteiger partial charge on any atom is 0.323 e. The van der Waals surface area contributed by atoms with Gasteiger partial charge in [0, 0.05) is 11.6 Å². The molecule has 2 rings (SSSR count). The van der Waals surface area contributed by atoms with Crippen LogP contribution in [0, 0.1) is 13.8 Å². The highest BCUT2D eigenvalue weighted by molar-refractivity contribution is 5.87. The Labute approximate surface area is 87.9 Å². The van der Waals surface area contributed by atoms with E-state index in [1.165, 1.54) is 0 Å². The summed E-state index contributed by atoms with van der Waals surface area (Å²) in [5.41, 5.74) is 3.26. The van der Waals surface area contributed by atoms with Crippen molar-refractivity contribution in [3.63, 3.8) is 0 Å². The second-order valence-corrected chi connectivity index (χ2v) is 3.80. The molecular formula is C12H13NO2. The van der Waals surface area contributed by atoms with Gasteiger partial charge in [-0.3, -0.25) is 4.79 Å². The number of fused-ring (bicyclic) bond motifs is 1. The molecule has 0 aliphatic rings. The lowest BCUT2D eigenvalue weighted by atomic mass is 10.1. The first-order chi connectivity index (χ1) is 7.09. The predicted molar refractivity (Wildman–Crippen MR) is 59.0 cm³/mol. The van der Waals surface area contributed by atoms with Crippen LogP contribution in [0.15, 0.2) is 24.4 Å². The minimum Gasteiger partial charge on any atom is -0.480 e. The molecule has 2 aromatic rings. The average Bonchev–Trinajstić information content (AvgIpc) is 2.44. The summed E-state index contributed by atoms with van der Waals surface area (Å²) < 4.78 is 1.79. The third kappa shape index (κ3) is 1.61. The fourth-order valence-corrected chi connectivity index (χ4v) is 2.00. The second kappa shape index (κ2) is 3.42. The van der Waals surface area contributed by atoms with E-state index in [0.29, 0.717) is 0 Å². The SMILES string of the molecule is Cc1cn(CC(=O)O)c2c(C)cccc12. The summed E-state index contributed by atoms with van der Waals surface area (Å²) in [6.07, 6.45) is 1.89. The molecule has 3 heteroatoms. The maximum absolute atomic E-state index is 10.7. The van der Waals surface area contributed by atoms with Crippen LogP contribution < -0.4 is 0 Å². The van der Waals surface area contributed by atoms with Gasteiger partial charge in [0.25, 0.3) is 0 Å². The van der Waals surface area contributed by atoms with E-state index >= 15 is 0 Å². The highest BCUT2D eigenvalue weighted by atomic mass is 16.4. The first-order valence-electron chi connectivity index (χ1n) is 4.86. The summed E-state index contributed by atoms with van der Waals surface area (Å²) in [5, 5.41) is 9.94. The normalized spacial score (nSPS) is 10.8. The van der Waals surface area contributed by atoms with Gasteiger partial charge in [0.2, 0.25) is 0 Å². The highest BCUT2D eigenvalue weighted by Crippen LogP contribution is 2.23. The Morgan fingerprint density at radius 3 is 2.73 bits per heavy atom. The van der Waals surface area contributed by atoms with Gasteiger partial charge in [0.15, 0.2) is 0 Å². The monoisotopic (exact) mass is 203 g/mol. The van der Waals surface area contributed by atoms with Gasteiger partial charge in [0.1, 0.15) is 6.54 Å². The molecule has 0 bridgehead atoms. The van der Waals surface area contributed by atoms with Crippen molar-refractivity contribution in [2.45, 2.75) is 20.4 Å². The summed E-state index contributed by atoms with van der Waals surface area (Å²) in [6, 6.07) is 6.02. The number of aryl methyl sites for hydroxylation is 2. The Bertz CT molecular complexity index is 526. The zero-order chi connectivity index (χ0) is 11.0. The molecule has 78 valence electrons. The van der Waals surface area contributed by atoms with Gasteiger partial charge in [-0.05, 0) is 25.0 Å². The number of carbonyl (C=O) groups is 1. The quantitative estimate of drug-likeness (QED) is 0.814. The molecule has 0 aliphatic carbocycles. The van der Waals surface area contributed by atoms with E-state index in [0.717, 1.165) is 22.0 Å². The Morgan fingerprint density at radius 1 is 1.33 bits per heavy atom. The van der Waals surface area contributed by atoms with Gasteiger partial charge in [-0.25, -0.2) is 0 Å². The number of benzene rings is 1. The molecule has 1 aromatic heterocycles. The van der Waals surface area contributed by atoms with Crippen LogP contribution >= 0.6 is 0 Å². The van der Waals surface area contributed by atoms with E-state index in [-0.39, 0.29) is 6.54 Å². The van der Waals surface area contributed by atoms with E-state index in [9.17, 15) is 4.79 Å². The first-order valence-corrected chi connectivity index (χ1v) is 4.86. The molecule has 0 saturated carbocycles. The smallest absolute Gasteiger partial charge is 0.323 e. The summed E-state index contributed by atoms with van der Waals surface area (Å²) in [4.78, 5) is 10.7. The van der Waals surface area contributed by atoms with Gasteiger partial charge in [-0.15, -0.1) is 0 Å². The van der Waals surface area contributed by atoms with Crippen molar-refractivity contribution >= 4 is 16.9 Å². The molecule has 0 spiro atoms. The van der Waals surface area contributed by atoms with E-state index in [1.807, 2.05) is 38.2 Å². The molecule has 0 unspecified atom stereocenters. The van der Waals surface area contributed by atoms with Gasteiger partial charge in [0.05, 0.1) is 5.52 Å². The molecular weight excluding hydrogens is 190 g/mol.